The van der Waals surface area contributed by atoms with E-state index in [2.05, 4.69) is 0 Å². The van der Waals surface area contributed by atoms with Crippen LogP contribution in [0, 0.1) is 6.92 Å². The Morgan fingerprint density at radius 2 is 1.70 bits per heavy atom. The standard InChI is InChI=1S/C21H17F3O6/c1-4-27-13-5-7-14(8-6-13)29-19-17(26)15-9-10-16(28-12(3)25)11(2)18(15)30-20(19)21(22,23)24/h5-10H,4H2,1-3H3. The molecule has 0 atom stereocenters. The lowest BCUT2D eigenvalue weighted by Crippen LogP contribution is -2.16. The highest BCUT2D eigenvalue weighted by atomic mass is 19.4. The number of carbonyl (C=O) groups excluding carboxylic acids is 1. The summed E-state index contributed by atoms with van der Waals surface area (Å²) in [4.78, 5) is 24.0. The van der Waals surface area contributed by atoms with Crippen LogP contribution in [-0.2, 0) is 11.0 Å². The van der Waals surface area contributed by atoms with Crippen LogP contribution < -0.4 is 19.6 Å². The summed E-state index contributed by atoms with van der Waals surface area (Å²) in [5.41, 5.74) is -1.27. The molecule has 2 aromatic carbocycles. The van der Waals surface area contributed by atoms with E-state index in [9.17, 15) is 22.8 Å². The van der Waals surface area contributed by atoms with Crippen LogP contribution in [0.15, 0.2) is 45.6 Å². The fourth-order valence-corrected chi connectivity index (χ4v) is 2.79. The first-order chi connectivity index (χ1) is 14.1. The van der Waals surface area contributed by atoms with Gasteiger partial charge in [-0.25, -0.2) is 0 Å². The molecule has 0 amide bonds. The van der Waals surface area contributed by atoms with Gasteiger partial charge < -0.3 is 18.6 Å². The number of hydrogen-bond donors (Lipinski definition) is 0. The average Bonchev–Trinajstić information content (AvgIpc) is 2.66. The lowest BCUT2D eigenvalue weighted by molar-refractivity contribution is -0.154. The number of esters is 1. The molecular formula is C21H17F3O6. The van der Waals surface area contributed by atoms with E-state index in [0.717, 1.165) is 6.92 Å². The Labute approximate surface area is 168 Å². The van der Waals surface area contributed by atoms with E-state index < -0.39 is 29.1 Å². The Hall–Kier alpha value is -3.49. The van der Waals surface area contributed by atoms with Crippen molar-refractivity contribution >= 4 is 16.9 Å². The molecule has 0 aliphatic rings. The third-order valence-electron chi connectivity index (χ3n) is 4.08. The number of hydrogen-bond acceptors (Lipinski definition) is 6. The van der Waals surface area contributed by atoms with Crippen LogP contribution >= 0.6 is 0 Å². The molecule has 3 aromatic rings. The molecule has 1 heterocycles. The Morgan fingerprint density at radius 3 is 2.27 bits per heavy atom. The van der Waals surface area contributed by atoms with E-state index in [4.69, 9.17) is 18.6 Å². The van der Waals surface area contributed by atoms with E-state index in [1.807, 2.05) is 0 Å². The first-order valence-electron chi connectivity index (χ1n) is 8.88. The normalized spacial score (nSPS) is 11.4. The van der Waals surface area contributed by atoms with Gasteiger partial charge in [0.1, 0.15) is 22.8 Å². The number of aryl methyl sites for hydroxylation is 1. The number of fused-ring (bicyclic) bond motifs is 1. The summed E-state index contributed by atoms with van der Waals surface area (Å²) in [5.74, 6) is -2.74. The number of rotatable bonds is 5. The van der Waals surface area contributed by atoms with Crippen molar-refractivity contribution in [2.75, 3.05) is 6.61 Å². The third kappa shape index (κ3) is 4.24. The molecule has 0 spiro atoms. The molecule has 0 N–H and O–H groups in total. The second-order valence-electron chi connectivity index (χ2n) is 6.25. The van der Waals surface area contributed by atoms with Crippen LogP contribution in [0.2, 0.25) is 0 Å². The minimum atomic E-state index is -5.00. The molecule has 6 nitrogen and oxygen atoms in total. The molecule has 9 heteroatoms. The Kier molecular flexibility index (Phi) is 5.73. The van der Waals surface area contributed by atoms with E-state index in [0.29, 0.717) is 12.4 Å². The van der Waals surface area contributed by atoms with Crippen molar-refractivity contribution in [3.05, 3.63) is 57.9 Å². The smallest absolute Gasteiger partial charge is 0.453 e. The number of benzene rings is 2. The van der Waals surface area contributed by atoms with Crippen molar-refractivity contribution in [3.8, 4) is 23.0 Å². The number of carbonyl (C=O) groups is 1. The molecular weight excluding hydrogens is 405 g/mol. The van der Waals surface area contributed by atoms with Crippen molar-refractivity contribution in [3.63, 3.8) is 0 Å². The van der Waals surface area contributed by atoms with Crippen LogP contribution in [0.3, 0.4) is 0 Å². The van der Waals surface area contributed by atoms with Gasteiger partial charge in [-0.15, -0.1) is 0 Å². The van der Waals surface area contributed by atoms with Gasteiger partial charge in [0.15, 0.2) is 0 Å². The van der Waals surface area contributed by atoms with E-state index >= 15 is 0 Å². The zero-order chi connectivity index (χ0) is 22.1. The number of halogens is 3. The predicted octanol–water partition coefficient (Wildman–Crippen LogP) is 5.24. The first kappa shape index (κ1) is 21.2. The van der Waals surface area contributed by atoms with E-state index in [1.165, 1.54) is 43.3 Å². The maximum atomic E-state index is 13.6. The highest BCUT2D eigenvalue weighted by Crippen LogP contribution is 2.40. The van der Waals surface area contributed by atoms with E-state index in [1.54, 1.807) is 6.92 Å². The maximum Gasteiger partial charge on any atom is 0.453 e. The minimum absolute atomic E-state index is 0.00357. The number of alkyl halides is 3. The van der Waals surface area contributed by atoms with Crippen molar-refractivity contribution in [1.29, 1.82) is 0 Å². The fraction of sp³-hybridized carbons (Fsp3) is 0.238. The average molecular weight is 422 g/mol. The highest BCUT2D eigenvalue weighted by molar-refractivity contribution is 5.84. The highest BCUT2D eigenvalue weighted by Gasteiger charge is 2.41. The van der Waals surface area contributed by atoms with Crippen molar-refractivity contribution < 1.29 is 36.6 Å². The van der Waals surface area contributed by atoms with Crippen LogP contribution in [0.25, 0.3) is 11.0 Å². The van der Waals surface area contributed by atoms with Crippen molar-refractivity contribution in [2.45, 2.75) is 26.9 Å². The van der Waals surface area contributed by atoms with Gasteiger partial charge in [0.2, 0.25) is 11.2 Å². The van der Waals surface area contributed by atoms with Gasteiger partial charge in [-0.1, -0.05) is 0 Å². The molecule has 30 heavy (non-hydrogen) atoms. The topological polar surface area (TPSA) is 75.0 Å². The molecule has 0 saturated carbocycles. The summed E-state index contributed by atoms with van der Waals surface area (Å²) in [6.45, 7) is 4.74. The molecule has 0 radical (unpaired) electrons. The summed E-state index contributed by atoms with van der Waals surface area (Å²) < 4.78 is 61.5. The predicted molar refractivity (Wildman–Crippen MR) is 101 cm³/mol. The summed E-state index contributed by atoms with van der Waals surface area (Å²) >= 11 is 0. The molecule has 0 fully saturated rings. The third-order valence-corrected chi connectivity index (χ3v) is 4.08. The lowest BCUT2D eigenvalue weighted by Gasteiger charge is -2.15. The molecule has 3 rings (SSSR count). The zero-order valence-electron chi connectivity index (χ0n) is 16.3. The minimum Gasteiger partial charge on any atom is -0.494 e. The van der Waals surface area contributed by atoms with Gasteiger partial charge in [-0.3, -0.25) is 9.59 Å². The van der Waals surface area contributed by atoms with Crippen LogP contribution in [0.4, 0.5) is 13.2 Å². The Morgan fingerprint density at radius 1 is 1.07 bits per heavy atom. The Bertz CT molecular complexity index is 1150. The van der Waals surface area contributed by atoms with Gasteiger partial charge in [0.05, 0.1) is 12.0 Å². The zero-order valence-corrected chi connectivity index (χ0v) is 16.3. The monoisotopic (exact) mass is 422 g/mol. The van der Waals surface area contributed by atoms with Gasteiger partial charge >= 0.3 is 12.1 Å². The molecule has 0 aliphatic carbocycles. The SMILES string of the molecule is CCOc1ccc(Oc2c(C(F)(F)F)oc3c(C)c(OC(C)=O)ccc3c2=O)cc1. The van der Waals surface area contributed by atoms with Crippen LogP contribution in [0.1, 0.15) is 25.2 Å². The summed E-state index contributed by atoms with van der Waals surface area (Å²) in [5, 5.41) is -0.141. The van der Waals surface area contributed by atoms with E-state index in [-0.39, 0.29) is 28.0 Å². The summed E-state index contributed by atoms with van der Waals surface area (Å²) in [7, 11) is 0. The van der Waals surface area contributed by atoms with Crippen molar-refractivity contribution in [1.82, 2.24) is 0 Å². The van der Waals surface area contributed by atoms with Gasteiger partial charge in [0, 0.05) is 12.5 Å². The quantitative estimate of drug-likeness (QED) is 0.414. The molecule has 0 bridgehead atoms. The molecule has 0 saturated heterocycles. The largest absolute Gasteiger partial charge is 0.494 e. The molecule has 0 aliphatic heterocycles. The first-order valence-corrected chi connectivity index (χ1v) is 8.88. The molecule has 158 valence electrons. The number of ether oxygens (including phenoxy) is 3. The van der Waals surface area contributed by atoms with Gasteiger partial charge in [-0.05, 0) is 50.2 Å². The molecule has 0 unspecified atom stereocenters. The fourth-order valence-electron chi connectivity index (χ4n) is 2.79. The van der Waals surface area contributed by atoms with Crippen LogP contribution in [-0.4, -0.2) is 12.6 Å². The van der Waals surface area contributed by atoms with Crippen LogP contribution in [0.5, 0.6) is 23.0 Å². The summed E-state index contributed by atoms with van der Waals surface area (Å²) in [6.07, 6.45) is -5.00. The Balaban J connectivity index is 2.16. The lowest BCUT2D eigenvalue weighted by atomic mass is 10.1. The van der Waals surface area contributed by atoms with Gasteiger partial charge in [0.25, 0.3) is 5.76 Å². The summed E-state index contributed by atoms with van der Waals surface area (Å²) in [6, 6.07) is 8.30. The molecule has 1 aromatic heterocycles. The second-order valence-corrected chi connectivity index (χ2v) is 6.25. The van der Waals surface area contributed by atoms with Gasteiger partial charge in [-0.2, -0.15) is 13.2 Å². The maximum absolute atomic E-state index is 13.6. The van der Waals surface area contributed by atoms with Crippen molar-refractivity contribution in [2.24, 2.45) is 0 Å². The second kappa shape index (κ2) is 8.10.